The van der Waals surface area contributed by atoms with E-state index in [0.29, 0.717) is 12.2 Å². The van der Waals surface area contributed by atoms with Gasteiger partial charge in [0.25, 0.3) is 0 Å². The molecule has 4 unspecified atom stereocenters. The summed E-state index contributed by atoms with van der Waals surface area (Å²) in [7, 11) is 0. The average molecular weight is 522 g/mol. The summed E-state index contributed by atoms with van der Waals surface area (Å²) < 4.78 is 14.9. The van der Waals surface area contributed by atoms with Gasteiger partial charge in [-0.2, -0.15) is 0 Å². The Hall–Kier alpha value is -0.680. The lowest BCUT2D eigenvalue weighted by Crippen LogP contribution is -2.08. The molecule has 4 atom stereocenters. The highest BCUT2D eigenvalue weighted by Crippen LogP contribution is 2.36. The van der Waals surface area contributed by atoms with Crippen molar-refractivity contribution in [3.8, 4) is 0 Å². The van der Waals surface area contributed by atoms with Crippen molar-refractivity contribution in [1.29, 1.82) is 0 Å². The second-order valence-electron chi connectivity index (χ2n) is 8.39. The van der Waals surface area contributed by atoms with E-state index in [4.69, 9.17) is 9.47 Å². The Morgan fingerprint density at radius 1 is 0.586 bits per heavy atom. The molecule has 2 aromatic carbocycles. The minimum Gasteiger partial charge on any atom is -0.370 e. The zero-order valence-corrected chi connectivity index (χ0v) is 20.0. The molecule has 2 heterocycles. The lowest BCUT2D eigenvalue weighted by molar-refractivity contribution is 0.0346. The molecule has 4 rings (SSSR count). The van der Waals surface area contributed by atoms with Gasteiger partial charge in [-0.3, -0.25) is 0 Å². The van der Waals surface area contributed by atoms with Crippen LogP contribution in [0.2, 0.25) is 0 Å². The Morgan fingerprint density at radius 2 is 1.00 bits per heavy atom. The zero-order valence-electron chi connectivity index (χ0n) is 16.9. The minimum absolute atomic E-state index is 0.288. The van der Waals surface area contributed by atoms with Gasteiger partial charge in [0.2, 0.25) is 0 Å². The van der Waals surface area contributed by atoms with Gasteiger partial charge in [0.15, 0.2) is 0 Å². The second kappa shape index (κ2) is 10.6. The van der Waals surface area contributed by atoms with Crippen molar-refractivity contribution in [2.45, 2.75) is 82.2 Å². The number of ether oxygens (including phenoxy) is 2. The largest absolute Gasteiger partial charge is 0.370 e. The molecule has 4 heteroatoms. The molecular weight excluding hydrogens is 492 g/mol. The molecule has 0 saturated carbocycles. The van der Waals surface area contributed by atoms with Crippen LogP contribution in [0.3, 0.4) is 0 Å². The number of hydrogen-bond donors (Lipinski definition) is 0. The van der Waals surface area contributed by atoms with Crippen LogP contribution in [0.25, 0.3) is 0 Å². The summed E-state index contributed by atoms with van der Waals surface area (Å²) in [6.07, 6.45) is 12.3. The van der Waals surface area contributed by atoms with Gasteiger partial charge < -0.3 is 9.47 Å². The van der Waals surface area contributed by atoms with Crippen molar-refractivity contribution in [3.05, 3.63) is 68.6 Å². The number of benzene rings is 2. The van der Waals surface area contributed by atoms with E-state index in [2.05, 4.69) is 80.4 Å². The predicted molar refractivity (Wildman–Crippen MR) is 125 cm³/mol. The van der Waals surface area contributed by atoms with Gasteiger partial charge in [-0.15, -0.1) is 0 Å². The van der Waals surface area contributed by atoms with Gasteiger partial charge in [-0.05, 0) is 73.9 Å². The maximum atomic E-state index is 6.30. The van der Waals surface area contributed by atoms with Gasteiger partial charge in [-0.25, -0.2) is 0 Å². The van der Waals surface area contributed by atoms with E-state index < -0.39 is 0 Å². The Balaban J connectivity index is 1.10. The normalized spacial score (nSPS) is 26.8. The Labute approximate surface area is 191 Å². The van der Waals surface area contributed by atoms with Crippen molar-refractivity contribution in [2.75, 3.05) is 0 Å². The fourth-order valence-electron chi connectivity index (χ4n) is 4.60. The van der Waals surface area contributed by atoms with Crippen molar-refractivity contribution in [2.24, 2.45) is 0 Å². The standard InChI is InChI=1S/C25H30Br2O2/c26-20-10-6-18(7-11-20)24-16-14-22(28-24)4-2-1-3-5-23-15-17-25(29-23)19-8-12-21(27)13-9-19/h6-13,22-25H,1-5,14-17H2. The smallest absolute Gasteiger partial charge is 0.0829 e. The van der Waals surface area contributed by atoms with Crippen molar-refractivity contribution < 1.29 is 9.47 Å². The molecular formula is C25H30Br2O2. The zero-order chi connectivity index (χ0) is 20.1. The van der Waals surface area contributed by atoms with Gasteiger partial charge in [0.1, 0.15) is 0 Å². The molecule has 2 aromatic rings. The highest BCUT2D eigenvalue weighted by Gasteiger charge is 2.27. The highest BCUT2D eigenvalue weighted by molar-refractivity contribution is 9.10. The van der Waals surface area contributed by atoms with Crippen LogP contribution < -0.4 is 0 Å². The first-order chi connectivity index (χ1) is 14.2. The first kappa shape index (κ1) is 21.5. The maximum absolute atomic E-state index is 6.30. The molecule has 2 aliphatic heterocycles. The van der Waals surface area contributed by atoms with E-state index in [9.17, 15) is 0 Å². The van der Waals surface area contributed by atoms with E-state index in [1.807, 2.05) is 0 Å². The van der Waals surface area contributed by atoms with Crippen molar-refractivity contribution >= 4 is 31.9 Å². The fraction of sp³-hybridized carbons (Fsp3) is 0.520. The number of hydrogen-bond acceptors (Lipinski definition) is 2. The fourth-order valence-corrected chi connectivity index (χ4v) is 5.13. The van der Waals surface area contributed by atoms with Crippen LogP contribution in [0.1, 0.15) is 81.1 Å². The summed E-state index contributed by atoms with van der Waals surface area (Å²) in [5.41, 5.74) is 2.63. The van der Waals surface area contributed by atoms with Crippen LogP contribution in [0.5, 0.6) is 0 Å². The molecule has 2 aliphatic rings. The van der Waals surface area contributed by atoms with E-state index >= 15 is 0 Å². The molecule has 29 heavy (non-hydrogen) atoms. The Bertz CT molecular complexity index is 694. The second-order valence-corrected chi connectivity index (χ2v) is 10.2. The lowest BCUT2D eigenvalue weighted by Gasteiger charge is -2.15. The topological polar surface area (TPSA) is 18.5 Å². The van der Waals surface area contributed by atoms with Crippen LogP contribution in [0.4, 0.5) is 0 Å². The summed E-state index contributed by atoms with van der Waals surface area (Å²) in [6.45, 7) is 0. The quantitative estimate of drug-likeness (QED) is 0.325. The summed E-state index contributed by atoms with van der Waals surface area (Å²) >= 11 is 7.01. The third-order valence-corrected chi connectivity index (χ3v) is 7.31. The van der Waals surface area contributed by atoms with E-state index in [1.165, 1.54) is 56.1 Å². The molecule has 0 aliphatic carbocycles. The first-order valence-corrected chi connectivity index (χ1v) is 12.6. The SMILES string of the molecule is Brc1ccc(C2CCC(CCCCCC3CCC(c4ccc(Br)cc4)O3)O2)cc1. The summed E-state index contributed by atoms with van der Waals surface area (Å²) in [4.78, 5) is 0. The van der Waals surface area contributed by atoms with Gasteiger partial charge in [-0.1, -0.05) is 75.4 Å². The third-order valence-electron chi connectivity index (χ3n) is 6.25. The van der Waals surface area contributed by atoms with Crippen LogP contribution in [0.15, 0.2) is 57.5 Å². The van der Waals surface area contributed by atoms with Gasteiger partial charge in [0.05, 0.1) is 24.4 Å². The summed E-state index contributed by atoms with van der Waals surface area (Å²) in [5, 5.41) is 0. The molecule has 0 aromatic heterocycles. The molecule has 0 bridgehead atoms. The van der Waals surface area contributed by atoms with E-state index in [0.717, 1.165) is 21.8 Å². The molecule has 0 spiro atoms. The molecule has 2 saturated heterocycles. The first-order valence-electron chi connectivity index (χ1n) is 11.0. The highest BCUT2D eigenvalue weighted by atomic mass is 79.9. The predicted octanol–water partition coefficient (Wildman–Crippen LogP) is 8.30. The summed E-state index contributed by atoms with van der Waals surface area (Å²) in [5.74, 6) is 0. The monoisotopic (exact) mass is 520 g/mol. The molecule has 2 nitrogen and oxygen atoms in total. The molecule has 0 N–H and O–H groups in total. The number of rotatable bonds is 8. The molecule has 2 fully saturated rings. The van der Waals surface area contributed by atoms with Crippen LogP contribution in [0, 0.1) is 0 Å². The average Bonchev–Trinajstić information content (AvgIpc) is 3.39. The summed E-state index contributed by atoms with van der Waals surface area (Å²) in [6, 6.07) is 17.2. The van der Waals surface area contributed by atoms with Crippen LogP contribution in [-0.2, 0) is 9.47 Å². The Kier molecular flexibility index (Phi) is 7.85. The van der Waals surface area contributed by atoms with Gasteiger partial charge >= 0.3 is 0 Å². The van der Waals surface area contributed by atoms with Gasteiger partial charge in [0, 0.05) is 8.95 Å². The van der Waals surface area contributed by atoms with Crippen LogP contribution in [-0.4, -0.2) is 12.2 Å². The number of unbranched alkanes of at least 4 members (excludes halogenated alkanes) is 2. The Morgan fingerprint density at radius 3 is 1.41 bits per heavy atom. The molecule has 156 valence electrons. The van der Waals surface area contributed by atoms with Crippen molar-refractivity contribution in [1.82, 2.24) is 0 Å². The van der Waals surface area contributed by atoms with E-state index in [1.54, 1.807) is 0 Å². The molecule has 0 radical (unpaired) electrons. The molecule has 0 amide bonds. The van der Waals surface area contributed by atoms with E-state index in [-0.39, 0.29) is 12.2 Å². The minimum atomic E-state index is 0.288. The number of halogens is 2. The van der Waals surface area contributed by atoms with Crippen molar-refractivity contribution in [3.63, 3.8) is 0 Å². The maximum Gasteiger partial charge on any atom is 0.0829 e. The third kappa shape index (κ3) is 6.16. The lowest BCUT2D eigenvalue weighted by atomic mass is 10.0. The van der Waals surface area contributed by atoms with Crippen LogP contribution >= 0.6 is 31.9 Å².